The van der Waals surface area contributed by atoms with Crippen molar-refractivity contribution in [2.75, 3.05) is 19.5 Å². The van der Waals surface area contributed by atoms with Gasteiger partial charge in [-0.05, 0) is 26.0 Å². The molecule has 1 N–H and O–H groups in total. The lowest BCUT2D eigenvalue weighted by atomic mass is 10.1. The number of benzene rings is 1. The average Bonchev–Trinajstić information content (AvgIpc) is 2.37. The maximum atomic E-state index is 5.08. The molecule has 1 aromatic carbocycles. The molecule has 0 saturated carbocycles. The Morgan fingerprint density at radius 1 is 1.00 bits per heavy atom. The molecule has 0 bridgehead atoms. The highest BCUT2D eigenvalue weighted by atomic mass is 16.5. The first kappa shape index (κ1) is 12.3. The summed E-state index contributed by atoms with van der Waals surface area (Å²) in [6.07, 6.45) is 0. The first-order valence-electron chi connectivity index (χ1n) is 5.69. The van der Waals surface area contributed by atoms with Crippen molar-refractivity contribution in [1.82, 2.24) is 15.0 Å². The predicted octanol–water partition coefficient (Wildman–Crippen LogP) is 2.21. The van der Waals surface area contributed by atoms with Gasteiger partial charge in [-0.2, -0.15) is 15.0 Å². The topological polar surface area (TPSA) is 59.9 Å². The Kier molecular flexibility index (Phi) is 3.41. The molecule has 0 amide bonds. The molecule has 5 heteroatoms. The van der Waals surface area contributed by atoms with E-state index in [1.165, 1.54) is 11.1 Å². The number of nitrogens with one attached hydrogen (secondary N) is 1. The van der Waals surface area contributed by atoms with Gasteiger partial charge in [0.2, 0.25) is 5.95 Å². The molecule has 5 nitrogen and oxygen atoms in total. The number of aromatic nitrogens is 3. The largest absolute Gasteiger partial charge is 0.467 e. The van der Waals surface area contributed by atoms with Crippen LogP contribution in [-0.2, 0) is 0 Å². The molecule has 0 fully saturated rings. The fraction of sp³-hybridized carbons (Fsp3) is 0.308. The lowest BCUT2D eigenvalue weighted by Crippen LogP contribution is -2.03. The fourth-order valence-corrected chi connectivity index (χ4v) is 1.79. The van der Waals surface area contributed by atoms with Crippen LogP contribution in [0.25, 0.3) is 11.4 Å². The second kappa shape index (κ2) is 5.00. The summed E-state index contributed by atoms with van der Waals surface area (Å²) < 4.78 is 5.08. The number of aryl methyl sites for hydroxylation is 2. The van der Waals surface area contributed by atoms with Gasteiger partial charge in [-0.25, -0.2) is 0 Å². The monoisotopic (exact) mass is 244 g/mol. The van der Waals surface area contributed by atoms with E-state index in [2.05, 4.69) is 26.3 Å². The molecule has 0 radical (unpaired) electrons. The number of hydrogen-bond acceptors (Lipinski definition) is 5. The van der Waals surface area contributed by atoms with Crippen molar-refractivity contribution in [1.29, 1.82) is 0 Å². The summed E-state index contributed by atoms with van der Waals surface area (Å²) in [7, 11) is 3.31. The SMILES string of the molecule is CNc1nc(OC)nc(-c2cc(C)cc(C)c2)n1. The Hall–Kier alpha value is -2.17. The fourth-order valence-electron chi connectivity index (χ4n) is 1.79. The van der Waals surface area contributed by atoms with Gasteiger partial charge in [0.15, 0.2) is 5.82 Å². The third kappa shape index (κ3) is 2.56. The van der Waals surface area contributed by atoms with Crippen molar-refractivity contribution < 1.29 is 4.74 Å². The number of hydrogen-bond donors (Lipinski definition) is 1. The second-order valence-corrected chi connectivity index (χ2v) is 4.10. The van der Waals surface area contributed by atoms with Crippen LogP contribution in [0.15, 0.2) is 18.2 Å². The number of anilines is 1. The van der Waals surface area contributed by atoms with Crippen molar-refractivity contribution in [3.05, 3.63) is 29.3 Å². The van der Waals surface area contributed by atoms with E-state index in [0.29, 0.717) is 17.8 Å². The van der Waals surface area contributed by atoms with E-state index in [-0.39, 0.29) is 0 Å². The summed E-state index contributed by atoms with van der Waals surface area (Å²) in [6.45, 7) is 4.10. The number of nitrogens with zero attached hydrogens (tertiary/aromatic N) is 3. The Balaban J connectivity index is 2.55. The predicted molar refractivity (Wildman–Crippen MR) is 70.8 cm³/mol. The Morgan fingerprint density at radius 2 is 1.67 bits per heavy atom. The molecule has 0 unspecified atom stereocenters. The molecule has 0 aliphatic heterocycles. The molecule has 94 valence electrons. The van der Waals surface area contributed by atoms with Crippen LogP contribution in [0.1, 0.15) is 11.1 Å². The van der Waals surface area contributed by atoms with Crippen LogP contribution in [0.4, 0.5) is 5.95 Å². The molecule has 0 atom stereocenters. The molecule has 0 saturated heterocycles. The van der Waals surface area contributed by atoms with Crippen LogP contribution in [0.3, 0.4) is 0 Å². The summed E-state index contributed by atoms with van der Waals surface area (Å²) in [6, 6.07) is 6.51. The summed E-state index contributed by atoms with van der Waals surface area (Å²) in [5.74, 6) is 1.11. The van der Waals surface area contributed by atoms with Crippen LogP contribution in [0.2, 0.25) is 0 Å². The van der Waals surface area contributed by atoms with Crippen molar-refractivity contribution >= 4 is 5.95 Å². The molecular weight excluding hydrogens is 228 g/mol. The van der Waals surface area contributed by atoms with Crippen molar-refractivity contribution in [3.8, 4) is 17.4 Å². The van der Waals surface area contributed by atoms with E-state index < -0.39 is 0 Å². The summed E-state index contributed by atoms with van der Waals surface area (Å²) in [5.41, 5.74) is 3.32. The highest BCUT2D eigenvalue weighted by Gasteiger charge is 2.08. The molecule has 1 aromatic heterocycles. The zero-order valence-electron chi connectivity index (χ0n) is 11.0. The maximum Gasteiger partial charge on any atom is 0.321 e. The molecule has 2 rings (SSSR count). The smallest absolute Gasteiger partial charge is 0.321 e. The lowest BCUT2D eigenvalue weighted by Gasteiger charge is -2.07. The van der Waals surface area contributed by atoms with E-state index in [1.54, 1.807) is 14.2 Å². The van der Waals surface area contributed by atoms with Crippen molar-refractivity contribution in [2.24, 2.45) is 0 Å². The van der Waals surface area contributed by atoms with Gasteiger partial charge < -0.3 is 10.1 Å². The standard InChI is InChI=1S/C13H16N4O/c1-8-5-9(2)7-10(6-8)11-15-12(14-3)17-13(16-11)18-4/h5-7H,1-4H3,(H,14,15,16,17). The number of rotatable bonds is 3. The average molecular weight is 244 g/mol. The van der Waals surface area contributed by atoms with Gasteiger partial charge in [0.05, 0.1) is 7.11 Å². The van der Waals surface area contributed by atoms with Gasteiger partial charge in [0.25, 0.3) is 0 Å². The van der Waals surface area contributed by atoms with Gasteiger partial charge in [-0.1, -0.05) is 17.2 Å². The van der Waals surface area contributed by atoms with Gasteiger partial charge in [0, 0.05) is 12.6 Å². The normalized spacial score (nSPS) is 10.2. The van der Waals surface area contributed by atoms with Crippen LogP contribution >= 0.6 is 0 Å². The van der Waals surface area contributed by atoms with Gasteiger partial charge >= 0.3 is 6.01 Å². The van der Waals surface area contributed by atoms with Crippen LogP contribution < -0.4 is 10.1 Å². The molecule has 0 spiro atoms. The first-order chi connectivity index (χ1) is 8.62. The first-order valence-corrected chi connectivity index (χ1v) is 5.69. The van der Waals surface area contributed by atoms with Crippen molar-refractivity contribution in [2.45, 2.75) is 13.8 Å². The zero-order chi connectivity index (χ0) is 13.1. The van der Waals surface area contributed by atoms with E-state index in [9.17, 15) is 0 Å². The van der Waals surface area contributed by atoms with Crippen LogP contribution in [0, 0.1) is 13.8 Å². The Bertz CT molecular complexity index is 526. The minimum atomic E-state index is 0.309. The highest BCUT2D eigenvalue weighted by molar-refractivity contribution is 5.59. The van der Waals surface area contributed by atoms with E-state index in [0.717, 1.165) is 5.56 Å². The molecule has 18 heavy (non-hydrogen) atoms. The Labute approximate surface area is 106 Å². The van der Waals surface area contributed by atoms with Crippen LogP contribution in [-0.4, -0.2) is 29.1 Å². The van der Waals surface area contributed by atoms with E-state index in [4.69, 9.17) is 4.74 Å². The minimum Gasteiger partial charge on any atom is -0.467 e. The van der Waals surface area contributed by atoms with E-state index >= 15 is 0 Å². The Morgan fingerprint density at radius 3 is 2.22 bits per heavy atom. The quantitative estimate of drug-likeness (QED) is 0.897. The molecular formula is C13H16N4O. The molecule has 1 heterocycles. The van der Waals surface area contributed by atoms with Crippen LogP contribution in [0.5, 0.6) is 6.01 Å². The summed E-state index contributed by atoms with van der Waals surface area (Å²) in [4.78, 5) is 12.7. The highest BCUT2D eigenvalue weighted by Crippen LogP contribution is 2.21. The zero-order valence-corrected chi connectivity index (χ0v) is 11.0. The summed E-state index contributed by atoms with van der Waals surface area (Å²) >= 11 is 0. The molecule has 2 aromatic rings. The van der Waals surface area contributed by atoms with Gasteiger partial charge in [0.1, 0.15) is 0 Å². The third-order valence-corrected chi connectivity index (χ3v) is 2.50. The number of ether oxygens (including phenoxy) is 1. The minimum absolute atomic E-state index is 0.309. The van der Waals surface area contributed by atoms with Crippen molar-refractivity contribution in [3.63, 3.8) is 0 Å². The summed E-state index contributed by atoms with van der Waals surface area (Å²) in [5, 5.41) is 2.90. The number of methoxy groups -OCH3 is 1. The lowest BCUT2D eigenvalue weighted by molar-refractivity contribution is 0.379. The molecule has 0 aliphatic carbocycles. The van der Waals surface area contributed by atoms with Gasteiger partial charge in [-0.3, -0.25) is 0 Å². The van der Waals surface area contributed by atoms with Gasteiger partial charge in [-0.15, -0.1) is 0 Å². The van der Waals surface area contributed by atoms with E-state index in [1.807, 2.05) is 26.0 Å². The maximum absolute atomic E-state index is 5.08. The third-order valence-electron chi connectivity index (χ3n) is 2.50. The second-order valence-electron chi connectivity index (χ2n) is 4.10. The molecule has 0 aliphatic rings.